The quantitative estimate of drug-likeness (QED) is 0.588. The van der Waals surface area contributed by atoms with Crippen molar-refractivity contribution in [2.24, 2.45) is 0 Å². The van der Waals surface area contributed by atoms with E-state index in [9.17, 15) is 9.00 Å². The van der Waals surface area contributed by atoms with Crippen LogP contribution < -0.4 is 14.8 Å². The lowest BCUT2D eigenvalue weighted by molar-refractivity contribution is 0.0500. The van der Waals surface area contributed by atoms with Gasteiger partial charge in [-0.05, 0) is 32.9 Å². The highest BCUT2D eigenvalue weighted by atomic mass is 32.2. The third kappa shape index (κ3) is 6.34. The number of amides is 1. The minimum Gasteiger partial charge on any atom is -0.489 e. The molecule has 1 atom stereocenters. The molecule has 1 fully saturated rings. The number of anilines is 2. The zero-order valence-electron chi connectivity index (χ0n) is 20.5. The minimum atomic E-state index is -1.16. The fourth-order valence-corrected chi connectivity index (χ4v) is 4.37. The van der Waals surface area contributed by atoms with E-state index >= 15 is 0 Å². The summed E-state index contributed by atoms with van der Waals surface area (Å²) in [5.41, 5.74) is 1.40. The van der Waals surface area contributed by atoms with Crippen molar-refractivity contribution in [3.8, 4) is 11.6 Å². The van der Waals surface area contributed by atoms with Gasteiger partial charge in [0.1, 0.15) is 17.5 Å². The van der Waals surface area contributed by atoms with E-state index in [1.165, 1.54) is 13.4 Å². The van der Waals surface area contributed by atoms with Crippen molar-refractivity contribution < 1.29 is 23.2 Å². The summed E-state index contributed by atoms with van der Waals surface area (Å²) in [6, 6.07) is 3.57. The first-order valence-electron chi connectivity index (χ1n) is 11.4. The number of ether oxygens (including phenoxy) is 3. The van der Waals surface area contributed by atoms with Gasteiger partial charge in [0.05, 0.1) is 35.4 Å². The summed E-state index contributed by atoms with van der Waals surface area (Å²) in [6.45, 7) is 10.4. The van der Waals surface area contributed by atoms with Gasteiger partial charge in [-0.3, -0.25) is 4.21 Å². The lowest BCUT2D eigenvalue weighted by Crippen LogP contribution is -2.42. The molecule has 0 spiro atoms. The van der Waals surface area contributed by atoms with Crippen LogP contribution in [0.2, 0.25) is 0 Å². The van der Waals surface area contributed by atoms with Gasteiger partial charge in [0.25, 0.3) is 5.88 Å². The van der Waals surface area contributed by atoms with E-state index in [4.69, 9.17) is 14.2 Å². The van der Waals surface area contributed by atoms with Crippen LogP contribution in [0.15, 0.2) is 23.5 Å². The van der Waals surface area contributed by atoms with E-state index in [1.807, 2.05) is 40.7 Å². The topological polar surface area (TPSA) is 116 Å². The van der Waals surface area contributed by atoms with Crippen molar-refractivity contribution in [1.82, 2.24) is 19.9 Å². The molecule has 1 amide bonds. The standard InChI is InChI=1S/C23H33N5O5S/c1-14(2)32-23(29)28-11-9-17(10-12-28)33-22-20(31-6)21(24-13-25-22)27-18-7-8-19(26-16(18)5)34(30)15(3)4/h7-8,13-15,17H,9-12H2,1-6H3,(H,24,25,27). The number of carbonyl (C=O) groups is 1. The van der Waals surface area contributed by atoms with Crippen molar-refractivity contribution in [1.29, 1.82) is 0 Å². The minimum absolute atomic E-state index is 0.0138. The number of aryl methyl sites for hydroxylation is 1. The first kappa shape index (κ1) is 25.7. The molecule has 3 rings (SSSR count). The number of aromatic nitrogens is 3. The molecule has 186 valence electrons. The fourth-order valence-electron chi connectivity index (χ4n) is 3.46. The van der Waals surface area contributed by atoms with Crippen molar-refractivity contribution in [2.75, 3.05) is 25.5 Å². The van der Waals surface area contributed by atoms with Crippen LogP contribution in [0.25, 0.3) is 0 Å². The van der Waals surface area contributed by atoms with Gasteiger partial charge in [-0.25, -0.2) is 14.8 Å². The van der Waals surface area contributed by atoms with Gasteiger partial charge in [-0.1, -0.05) is 13.8 Å². The number of hydrogen-bond donors (Lipinski definition) is 1. The molecule has 1 aliphatic rings. The average Bonchev–Trinajstić information content (AvgIpc) is 2.80. The lowest BCUT2D eigenvalue weighted by Gasteiger charge is -2.31. The van der Waals surface area contributed by atoms with Gasteiger partial charge >= 0.3 is 6.09 Å². The zero-order chi connectivity index (χ0) is 24.8. The maximum absolute atomic E-state index is 12.3. The van der Waals surface area contributed by atoms with Gasteiger partial charge in [-0.2, -0.15) is 4.98 Å². The Kier molecular flexibility index (Phi) is 8.65. The molecule has 0 aromatic carbocycles. The van der Waals surface area contributed by atoms with Crippen LogP contribution in [-0.4, -0.2) is 67.8 Å². The highest BCUT2D eigenvalue weighted by molar-refractivity contribution is 7.85. The number of rotatable bonds is 8. The largest absolute Gasteiger partial charge is 0.489 e. The molecular weight excluding hydrogens is 458 g/mol. The van der Waals surface area contributed by atoms with Crippen LogP contribution >= 0.6 is 0 Å². The van der Waals surface area contributed by atoms with E-state index in [2.05, 4.69) is 20.3 Å². The highest BCUT2D eigenvalue weighted by Gasteiger charge is 2.27. The Bertz CT molecular complexity index is 1020. The predicted octanol–water partition coefficient (Wildman–Crippen LogP) is 3.84. The molecule has 11 heteroatoms. The number of nitrogens with one attached hydrogen (secondary N) is 1. The molecule has 0 radical (unpaired) electrons. The highest BCUT2D eigenvalue weighted by Crippen LogP contribution is 2.35. The molecule has 10 nitrogen and oxygen atoms in total. The monoisotopic (exact) mass is 491 g/mol. The maximum Gasteiger partial charge on any atom is 0.410 e. The van der Waals surface area contributed by atoms with Crippen molar-refractivity contribution in [2.45, 2.75) is 69.9 Å². The molecule has 2 aromatic rings. The number of likely N-dealkylation sites (tertiary alicyclic amines) is 1. The Balaban J connectivity index is 1.69. The Hall–Kier alpha value is -2.95. The number of pyridine rings is 1. The summed E-state index contributed by atoms with van der Waals surface area (Å²) in [7, 11) is 0.364. The Morgan fingerprint density at radius 2 is 1.88 bits per heavy atom. The van der Waals surface area contributed by atoms with Gasteiger partial charge in [-0.15, -0.1) is 0 Å². The summed E-state index contributed by atoms with van der Waals surface area (Å²) in [5, 5.41) is 3.75. The summed E-state index contributed by atoms with van der Waals surface area (Å²) in [5.74, 6) is 1.14. The second-order valence-electron chi connectivity index (χ2n) is 8.55. The van der Waals surface area contributed by atoms with E-state index in [1.54, 1.807) is 11.0 Å². The SMILES string of the molecule is COc1c(Nc2ccc(S(=O)C(C)C)nc2C)ncnc1OC1CCN(C(=O)OC(C)C)CC1. The van der Waals surface area contributed by atoms with Crippen LogP contribution in [0.1, 0.15) is 46.2 Å². The molecule has 1 aliphatic heterocycles. The first-order valence-corrected chi connectivity index (χ1v) is 12.6. The van der Waals surface area contributed by atoms with Crippen LogP contribution in [0, 0.1) is 6.92 Å². The Morgan fingerprint density at radius 3 is 2.47 bits per heavy atom. The number of carbonyl (C=O) groups excluding carboxylic acids is 1. The molecule has 0 bridgehead atoms. The van der Waals surface area contributed by atoms with E-state index < -0.39 is 10.8 Å². The summed E-state index contributed by atoms with van der Waals surface area (Å²) < 4.78 is 29.3. The summed E-state index contributed by atoms with van der Waals surface area (Å²) >= 11 is 0. The van der Waals surface area contributed by atoms with E-state index in [0.717, 1.165) is 0 Å². The summed E-state index contributed by atoms with van der Waals surface area (Å²) in [4.78, 5) is 26.8. The predicted molar refractivity (Wildman–Crippen MR) is 129 cm³/mol. The van der Waals surface area contributed by atoms with Gasteiger partial charge in [0.15, 0.2) is 5.82 Å². The first-order chi connectivity index (χ1) is 16.2. The van der Waals surface area contributed by atoms with E-state index in [-0.39, 0.29) is 23.6 Å². The van der Waals surface area contributed by atoms with Crippen LogP contribution in [0.5, 0.6) is 11.6 Å². The molecule has 1 unspecified atom stereocenters. The molecule has 34 heavy (non-hydrogen) atoms. The van der Waals surface area contributed by atoms with Crippen LogP contribution in [0.3, 0.4) is 0 Å². The molecule has 3 heterocycles. The molecule has 1 N–H and O–H groups in total. The Morgan fingerprint density at radius 1 is 1.18 bits per heavy atom. The van der Waals surface area contributed by atoms with E-state index in [0.29, 0.717) is 59.8 Å². The van der Waals surface area contributed by atoms with Crippen molar-refractivity contribution >= 4 is 28.4 Å². The molecular formula is C23H33N5O5S. The number of nitrogens with zero attached hydrogens (tertiary/aromatic N) is 4. The lowest BCUT2D eigenvalue weighted by atomic mass is 10.1. The van der Waals surface area contributed by atoms with Gasteiger partial charge in [0.2, 0.25) is 5.75 Å². The maximum atomic E-state index is 12.3. The summed E-state index contributed by atoms with van der Waals surface area (Å²) in [6.07, 6.45) is 2.15. The third-order valence-electron chi connectivity index (χ3n) is 5.24. The van der Waals surface area contributed by atoms with Crippen molar-refractivity contribution in [3.05, 3.63) is 24.2 Å². The second kappa shape index (κ2) is 11.5. The normalized spacial score (nSPS) is 15.4. The van der Waals surface area contributed by atoms with Crippen molar-refractivity contribution in [3.63, 3.8) is 0 Å². The average molecular weight is 492 g/mol. The second-order valence-corrected chi connectivity index (χ2v) is 10.5. The number of methoxy groups -OCH3 is 1. The smallest absolute Gasteiger partial charge is 0.410 e. The van der Waals surface area contributed by atoms with Gasteiger partial charge in [0, 0.05) is 31.2 Å². The fraction of sp³-hybridized carbons (Fsp3) is 0.565. The Labute approximate surface area is 202 Å². The van der Waals surface area contributed by atoms with Gasteiger partial charge < -0.3 is 24.4 Å². The number of piperidine rings is 1. The van der Waals surface area contributed by atoms with Crippen LogP contribution in [0.4, 0.5) is 16.3 Å². The molecule has 2 aromatic heterocycles. The third-order valence-corrected chi connectivity index (χ3v) is 6.73. The molecule has 1 saturated heterocycles. The van der Waals surface area contributed by atoms with Crippen LogP contribution in [-0.2, 0) is 15.5 Å². The molecule has 0 aliphatic carbocycles. The molecule has 0 saturated carbocycles. The zero-order valence-corrected chi connectivity index (χ0v) is 21.3. The number of hydrogen-bond acceptors (Lipinski definition) is 9.